The van der Waals surface area contributed by atoms with Gasteiger partial charge in [-0.2, -0.15) is 18.3 Å². The maximum absolute atomic E-state index is 12.7. The topological polar surface area (TPSA) is 86.0 Å². The number of alkyl halides is 3. The summed E-state index contributed by atoms with van der Waals surface area (Å²) in [5.74, 6) is 1.01. The fourth-order valence-corrected chi connectivity index (χ4v) is 2.03. The molecule has 0 unspecified atom stereocenters. The number of hydrogen-bond donors (Lipinski definition) is 1. The molecule has 10 heteroatoms. The Kier molecular flexibility index (Phi) is 5.65. The Labute approximate surface area is 146 Å². The second-order valence-corrected chi connectivity index (χ2v) is 5.00. The van der Waals surface area contributed by atoms with E-state index in [1.165, 1.54) is 20.4 Å². The van der Waals surface area contributed by atoms with E-state index in [1.807, 2.05) is 0 Å². The van der Waals surface area contributed by atoms with Crippen molar-refractivity contribution in [2.45, 2.75) is 6.18 Å². The molecule has 0 aliphatic rings. The van der Waals surface area contributed by atoms with Crippen LogP contribution in [0.4, 0.5) is 24.5 Å². The van der Waals surface area contributed by atoms with Gasteiger partial charge in [-0.25, -0.2) is 0 Å². The lowest BCUT2D eigenvalue weighted by Gasteiger charge is -2.08. The van der Waals surface area contributed by atoms with Gasteiger partial charge in [-0.1, -0.05) is 0 Å². The summed E-state index contributed by atoms with van der Waals surface area (Å²) in [6.45, 7) is 0. The molecule has 0 amide bonds. The van der Waals surface area contributed by atoms with E-state index < -0.39 is 22.4 Å². The average molecular weight is 369 g/mol. The predicted molar refractivity (Wildman–Crippen MR) is 88.9 cm³/mol. The quantitative estimate of drug-likeness (QED) is 0.471. The van der Waals surface area contributed by atoms with Crippen LogP contribution >= 0.6 is 0 Å². The lowest BCUT2D eigenvalue weighted by Crippen LogP contribution is -2.06. The summed E-state index contributed by atoms with van der Waals surface area (Å²) < 4.78 is 48.2. The molecule has 0 atom stereocenters. The Hall–Kier alpha value is -3.30. The number of hydrogen-bond acceptors (Lipinski definition) is 6. The summed E-state index contributed by atoms with van der Waals surface area (Å²) in [6.07, 6.45) is -3.35. The van der Waals surface area contributed by atoms with Gasteiger partial charge < -0.3 is 9.47 Å². The average Bonchev–Trinajstić information content (AvgIpc) is 2.60. The van der Waals surface area contributed by atoms with Crippen LogP contribution in [0.25, 0.3) is 0 Å². The number of rotatable bonds is 6. The fourth-order valence-electron chi connectivity index (χ4n) is 2.03. The van der Waals surface area contributed by atoms with Gasteiger partial charge in [0, 0.05) is 17.7 Å². The second kappa shape index (κ2) is 7.72. The number of ether oxygens (including phenoxy) is 2. The number of methoxy groups -OCH3 is 2. The van der Waals surface area contributed by atoms with Gasteiger partial charge in [-0.15, -0.1) is 0 Å². The standard InChI is InChI=1S/C16H14F3N3O4/c1-25-12-5-10(6-13(8-12)26-2)9-20-21-14-4-3-11(16(17,18)19)7-15(14)22(23)24/h3-9,21H,1-2H3/b20-9-. The molecule has 1 N–H and O–H groups in total. The van der Waals surface area contributed by atoms with Gasteiger partial charge in [0.2, 0.25) is 0 Å². The van der Waals surface area contributed by atoms with Crippen molar-refractivity contribution in [2.75, 3.05) is 19.6 Å². The van der Waals surface area contributed by atoms with Crippen LogP contribution < -0.4 is 14.9 Å². The fraction of sp³-hybridized carbons (Fsp3) is 0.188. The first-order chi connectivity index (χ1) is 12.2. The van der Waals surface area contributed by atoms with Crippen LogP contribution in [-0.2, 0) is 6.18 Å². The molecule has 0 heterocycles. The Morgan fingerprint density at radius 2 is 1.73 bits per heavy atom. The molecule has 2 aromatic rings. The summed E-state index contributed by atoms with van der Waals surface area (Å²) in [5.41, 5.74) is 0.911. The lowest BCUT2D eigenvalue weighted by atomic mass is 10.1. The van der Waals surface area contributed by atoms with Gasteiger partial charge in [-0.05, 0) is 24.3 Å². The van der Waals surface area contributed by atoms with Crippen molar-refractivity contribution < 1.29 is 27.6 Å². The molecule has 0 aliphatic carbocycles. The maximum atomic E-state index is 12.7. The first-order valence-corrected chi connectivity index (χ1v) is 7.12. The molecule has 0 saturated heterocycles. The van der Waals surface area contributed by atoms with Crippen LogP contribution in [0.2, 0.25) is 0 Å². The predicted octanol–water partition coefficient (Wildman–Crippen LogP) is 4.08. The van der Waals surface area contributed by atoms with Gasteiger partial charge >= 0.3 is 6.18 Å². The van der Waals surface area contributed by atoms with Crippen LogP contribution in [0.15, 0.2) is 41.5 Å². The van der Waals surface area contributed by atoms with Crippen molar-refractivity contribution in [3.63, 3.8) is 0 Å². The minimum absolute atomic E-state index is 0.172. The van der Waals surface area contributed by atoms with Gasteiger partial charge in [0.1, 0.15) is 17.2 Å². The zero-order valence-electron chi connectivity index (χ0n) is 13.7. The van der Waals surface area contributed by atoms with E-state index in [9.17, 15) is 23.3 Å². The highest BCUT2D eigenvalue weighted by Gasteiger charge is 2.33. The maximum Gasteiger partial charge on any atom is 0.416 e. The molecule has 0 aromatic heterocycles. The highest BCUT2D eigenvalue weighted by atomic mass is 19.4. The molecule has 2 aromatic carbocycles. The van der Waals surface area contributed by atoms with Crippen LogP contribution in [0.1, 0.15) is 11.1 Å². The van der Waals surface area contributed by atoms with Gasteiger partial charge in [0.15, 0.2) is 0 Å². The lowest BCUT2D eigenvalue weighted by molar-refractivity contribution is -0.384. The third kappa shape index (κ3) is 4.62. The Bertz CT molecular complexity index is 816. The molecule has 0 spiro atoms. The molecule has 7 nitrogen and oxygen atoms in total. The van der Waals surface area contributed by atoms with Crippen molar-refractivity contribution >= 4 is 17.6 Å². The highest BCUT2D eigenvalue weighted by Crippen LogP contribution is 2.35. The number of anilines is 1. The molecule has 26 heavy (non-hydrogen) atoms. The minimum atomic E-state index is -4.68. The van der Waals surface area contributed by atoms with E-state index in [0.717, 1.165) is 12.1 Å². The third-order valence-electron chi connectivity index (χ3n) is 3.29. The van der Waals surface area contributed by atoms with Gasteiger partial charge in [-0.3, -0.25) is 15.5 Å². The van der Waals surface area contributed by atoms with Crippen molar-refractivity contribution in [2.24, 2.45) is 5.10 Å². The number of hydrazone groups is 1. The number of benzene rings is 2. The molecule has 0 saturated carbocycles. The third-order valence-corrected chi connectivity index (χ3v) is 3.29. The van der Waals surface area contributed by atoms with Gasteiger partial charge in [0.05, 0.1) is 30.9 Å². The molecule has 138 valence electrons. The molecular formula is C16H14F3N3O4. The Balaban J connectivity index is 2.26. The van der Waals surface area contributed by atoms with Crippen molar-refractivity contribution in [1.82, 2.24) is 0 Å². The zero-order chi connectivity index (χ0) is 19.3. The molecule has 0 bridgehead atoms. The monoisotopic (exact) mass is 369 g/mol. The minimum Gasteiger partial charge on any atom is -0.497 e. The smallest absolute Gasteiger partial charge is 0.416 e. The number of nitrogens with zero attached hydrogens (tertiary/aromatic N) is 2. The summed E-state index contributed by atoms with van der Waals surface area (Å²) in [7, 11) is 2.94. The van der Waals surface area contributed by atoms with Crippen molar-refractivity contribution in [1.29, 1.82) is 0 Å². The first-order valence-electron chi connectivity index (χ1n) is 7.12. The summed E-state index contributed by atoms with van der Waals surface area (Å²) in [6, 6.07) is 7.05. The summed E-state index contributed by atoms with van der Waals surface area (Å²) in [4.78, 5) is 10.1. The molecule has 2 rings (SSSR count). The van der Waals surface area contributed by atoms with Gasteiger partial charge in [0.25, 0.3) is 5.69 Å². The number of halogens is 3. The molecule has 0 fully saturated rings. The van der Waals surface area contributed by atoms with Crippen LogP contribution in [0.5, 0.6) is 11.5 Å². The van der Waals surface area contributed by atoms with E-state index in [1.54, 1.807) is 18.2 Å². The zero-order valence-corrected chi connectivity index (χ0v) is 13.7. The number of nitro groups is 1. The summed E-state index contributed by atoms with van der Waals surface area (Å²) in [5, 5.41) is 14.8. The van der Waals surface area contributed by atoms with E-state index in [0.29, 0.717) is 23.1 Å². The van der Waals surface area contributed by atoms with E-state index >= 15 is 0 Å². The number of nitrogens with one attached hydrogen (secondary N) is 1. The largest absolute Gasteiger partial charge is 0.497 e. The highest BCUT2D eigenvalue weighted by molar-refractivity contribution is 5.82. The first kappa shape index (κ1) is 19.0. The van der Waals surface area contributed by atoms with Crippen LogP contribution in [-0.4, -0.2) is 25.4 Å². The summed E-state index contributed by atoms with van der Waals surface area (Å²) >= 11 is 0. The van der Waals surface area contributed by atoms with Crippen molar-refractivity contribution in [3.05, 3.63) is 57.6 Å². The SMILES string of the molecule is COc1cc(/C=N\Nc2ccc(C(F)(F)F)cc2[N+](=O)[O-])cc(OC)c1. The Morgan fingerprint density at radius 3 is 2.23 bits per heavy atom. The van der Waals surface area contributed by atoms with E-state index in [-0.39, 0.29) is 5.69 Å². The van der Waals surface area contributed by atoms with E-state index in [2.05, 4.69) is 10.5 Å². The van der Waals surface area contributed by atoms with E-state index in [4.69, 9.17) is 9.47 Å². The Morgan fingerprint density at radius 1 is 1.12 bits per heavy atom. The number of nitro benzene ring substituents is 1. The normalized spacial score (nSPS) is 11.4. The molecular weight excluding hydrogens is 355 g/mol. The van der Waals surface area contributed by atoms with Crippen LogP contribution in [0, 0.1) is 10.1 Å². The van der Waals surface area contributed by atoms with Crippen LogP contribution in [0.3, 0.4) is 0 Å². The molecule has 0 aliphatic heterocycles. The molecule has 0 radical (unpaired) electrons. The second-order valence-electron chi connectivity index (χ2n) is 5.00. The van der Waals surface area contributed by atoms with Crippen molar-refractivity contribution in [3.8, 4) is 11.5 Å².